The Kier molecular flexibility index (Phi) is 10.5. The molecule has 4 aromatic carbocycles. The van der Waals surface area contributed by atoms with Gasteiger partial charge in [-0.05, 0) is 77.1 Å². The van der Waals surface area contributed by atoms with Crippen LogP contribution in [0.4, 0.5) is 17.1 Å². The number of benzene rings is 4. The van der Waals surface area contributed by atoms with Crippen LogP contribution in [0.25, 0.3) is 11.1 Å². The zero-order valence-electron chi connectivity index (χ0n) is 25.4. The molecule has 0 spiro atoms. The Hall–Kier alpha value is -5.43. The highest BCUT2D eigenvalue weighted by atomic mass is 16.4. The van der Waals surface area contributed by atoms with Crippen molar-refractivity contribution in [1.29, 1.82) is 0 Å². The van der Waals surface area contributed by atoms with Gasteiger partial charge in [0.25, 0.3) is 0 Å². The van der Waals surface area contributed by atoms with E-state index in [0.717, 1.165) is 11.4 Å². The number of hydrogen-bond donors (Lipinski definition) is 1. The summed E-state index contributed by atoms with van der Waals surface area (Å²) in [5.41, 5.74) is 11.8. The zero-order valence-corrected chi connectivity index (χ0v) is 25.4. The predicted molar refractivity (Wildman–Crippen MR) is 173 cm³/mol. The van der Waals surface area contributed by atoms with Crippen LogP contribution < -0.4 is 25.0 Å². The first-order valence-electron chi connectivity index (χ1n) is 14.3. The lowest BCUT2D eigenvalue weighted by Crippen LogP contribution is -2.66. The maximum absolute atomic E-state index is 9.50. The monoisotopic (exact) mass is 586 g/mol. The average Bonchev–Trinajstić information content (AvgIpc) is 3.02. The van der Waals surface area contributed by atoms with Crippen LogP contribution in [0.2, 0.25) is 0 Å². The first kappa shape index (κ1) is 31.5. The molecule has 1 aliphatic rings. The van der Waals surface area contributed by atoms with Crippen LogP contribution in [-0.4, -0.2) is 45.8 Å². The molecular weight excluding hydrogens is 550 g/mol. The van der Waals surface area contributed by atoms with Gasteiger partial charge < -0.3 is 29.6 Å². The third kappa shape index (κ3) is 8.10. The molecule has 1 N–H and O–H groups in total. The second-order valence-corrected chi connectivity index (χ2v) is 10.7. The van der Waals surface area contributed by atoms with Gasteiger partial charge in [0.05, 0.1) is 5.56 Å². The van der Waals surface area contributed by atoms with E-state index in [1.165, 1.54) is 44.8 Å². The van der Waals surface area contributed by atoms with Crippen LogP contribution in [0.5, 0.6) is 0 Å². The van der Waals surface area contributed by atoms with Crippen LogP contribution in [0, 0.1) is 0 Å². The fourth-order valence-electron chi connectivity index (χ4n) is 4.84. The fourth-order valence-corrected chi connectivity index (χ4v) is 4.84. The molecule has 0 saturated carbocycles. The molecule has 0 heterocycles. The van der Waals surface area contributed by atoms with Gasteiger partial charge in [-0.2, -0.15) is 0 Å². The Morgan fingerprint density at radius 1 is 0.591 bits per heavy atom. The highest BCUT2D eigenvalue weighted by Gasteiger charge is 2.23. The molecule has 0 unspecified atom stereocenters. The topological polar surface area (TPSA) is 101 Å². The number of nitrogens with one attached hydrogen (secondary N) is 1. The molecular formula is C37H36N3O4-. The van der Waals surface area contributed by atoms with Gasteiger partial charge in [0.2, 0.25) is 11.4 Å². The summed E-state index contributed by atoms with van der Waals surface area (Å²) >= 11 is 0. The second kappa shape index (κ2) is 14.6. The lowest BCUT2D eigenvalue weighted by atomic mass is 9.83. The van der Waals surface area contributed by atoms with Gasteiger partial charge in [-0.25, -0.2) is 4.99 Å². The standard InChI is InChI=1S/C33H31N3.C4H6O4/c1-35(2)27-18-14-24(15-19-27)33(25-16-20-28(21-17-25)36(3)4)31-22-23-32(30-13-9-8-12-29(30)31)34-26-10-6-5-7-11-26;5-3(6)1-2-4(7)8/h5-23H,1-4H3;1-2H2,(H,5,6)(H,7,8)/p-1. The van der Waals surface area contributed by atoms with Gasteiger partial charge in [0.1, 0.15) is 0 Å². The molecule has 0 aromatic heterocycles. The highest BCUT2D eigenvalue weighted by molar-refractivity contribution is 6.17. The fraction of sp³-hybridized carbons (Fsp3) is 0.162. The van der Waals surface area contributed by atoms with Crippen LogP contribution in [-0.2, 0) is 9.59 Å². The van der Waals surface area contributed by atoms with Gasteiger partial charge in [-0.3, -0.25) is 0 Å². The summed E-state index contributed by atoms with van der Waals surface area (Å²) in [5, 5.41) is 19.0. The van der Waals surface area contributed by atoms with Gasteiger partial charge >= 0.3 is 0 Å². The Labute approximate surface area is 258 Å². The minimum absolute atomic E-state index is 0.470. The maximum atomic E-state index is 9.50. The van der Waals surface area contributed by atoms with Crippen LogP contribution in [0.3, 0.4) is 0 Å². The number of carboxylic acids is 2. The first-order valence-corrected chi connectivity index (χ1v) is 14.3. The van der Waals surface area contributed by atoms with E-state index in [4.69, 9.17) is 0 Å². The third-order valence-corrected chi connectivity index (χ3v) is 7.12. The molecule has 0 radical (unpaired) electrons. The summed E-state index contributed by atoms with van der Waals surface area (Å²) in [6.07, 6.45) is 3.51. The van der Waals surface area contributed by atoms with Crippen molar-refractivity contribution < 1.29 is 24.8 Å². The molecule has 0 atom stereocenters. The molecule has 0 aliphatic heterocycles. The summed E-state index contributed by atoms with van der Waals surface area (Å²) in [6, 6.07) is 36.7. The van der Waals surface area contributed by atoms with Crippen LogP contribution in [0.1, 0.15) is 35.1 Å². The number of aliphatic carboxylic acids is 2. The van der Waals surface area contributed by atoms with Gasteiger partial charge in [0, 0.05) is 69.7 Å². The van der Waals surface area contributed by atoms with Crippen molar-refractivity contribution in [2.75, 3.05) is 38.0 Å². The van der Waals surface area contributed by atoms with Crippen molar-refractivity contribution in [3.8, 4) is 0 Å². The molecule has 0 saturated heterocycles. The maximum Gasteiger partial charge on any atom is 0.211 e. The summed E-state index contributed by atoms with van der Waals surface area (Å²) in [6.45, 7) is 0. The molecule has 44 heavy (non-hydrogen) atoms. The van der Waals surface area contributed by atoms with Crippen molar-refractivity contribution in [3.63, 3.8) is 0 Å². The first-order chi connectivity index (χ1) is 21.1. The number of carbonyl (C=O) groups excluding carboxylic acids is 2. The number of carboxylic acid groups (broad SMARTS) is 2. The second-order valence-electron chi connectivity index (χ2n) is 10.7. The summed E-state index contributed by atoms with van der Waals surface area (Å²) in [4.78, 5) is 26.9. The number of anilines is 2. The van der Waals surface area contributed by atoms with E-state index in [0.29, 0.717) is 0 Å². The van der Waals surface area contributed by atoms with E-state index < -0.39 is 24.8 Å². The van der Waals surface area contributed by atoms with Crippen molar-refractivity contribution in [2.24, 2.45) is 0 Å². The van der Waals surface area contributed by atoms with E-state index in [1.807, 2.05) is 6.07 Å². The molecule has 224 valence electrons. The SMILES string of the molecule is CN(C)c1ccc(C(=C2C=CC(=[NH+]c3ccccc3)c3ccccc32)c2ccc(N(C)C)cc2)cc1.O=C([O-])CCC(=O)[O-]. The largest absolute Gasteiger partial charge is 0.550 e. The Bertz CT molecular complexity index is 1620. The number of fused-ring (bicyclic) bond motifs is 1. The number of nitrogens with zero attached hydrogens (tertiary/aromatic N) is 2. The number of hydrogen-bond acceptors (Lipinski definition) is 6. The van der Waals surface area contributed by atoms with Crippen LogP contribution in [0.15, 0.2) is 115 Å². The highest BCUT2D eigenvalue weighted by Crippen LogP contribution is 2.37. The molecule has 4 aromatic rings. The quantitative estimate of drug-likeness (QED) is 0.341. The molecule has 0 amide bonds. The van der Waals surface area contributed by atoms with Crippen molar-refractivity contribution in [2.45, 2.75) is 12.8 Å². The minimum Gasteiger partial charge on any atom is -0.550 e. The number of para-hydroxylation sites is 1. The lowest BCUT2D eigenvalue weighted by Gasteiger charge is -2.21. The molecule has 0 bridgehead atoms. The van der Waals surface area contributed by atoms with E-state index in [9.17, 15) is 19.8 Å². The summed E-state index contributed by atoms with van der Waals surface area (Å²) in [7, 11) is 8.30. The van der Waals surface area contributed by atoms with Crippen molar-refractivity contribution >= 4 is 45.9 Å². The number of allylic oxidation sites excluding steroid dienone is 3. The van der Waals surface area contributed by atoms with E-state index >= 15 is 0 Å². The minimum atomic E-state index is -1.37. The summed E-state index contributed by atoms with van der Waals surface area (Å²) < 4.78 is 0. The van der Waals surface area contributed by atoms with Gasteiger partial charge in [-0.15, -0.1) is 0 Å². The Morgan fingerprint density at radius 3 is 1.50 bits per heavy atom. The summed E-state index contributed by atoms with van der Waals surface area (Å²) in [5.74, 6) is -2.73. The molecule has 0 fully saturated rings. The Balaban J connectivity index is 0.000000488. The van der Waals surface area contributed by atoms with E-state index in [2.05, 4.69) is 152 Å². The van der Waals surface area contributed by atoms with Gasteiger partial charge in [0.15, 0.2) is 0 Å². The number of rotatable bonds is 8. The van der Waals surface area contributed by atoms with Crippen molar-refractivity contribution in [3.05, 3.63) is 138 Å². The normalized spacial score (nSPS) is 12.5. The molecule has 5 rings (SSSR count). The average molecular weight is 587 g/mol. The predicted octanol–water partition coefficient (Wildman–Crippen LogP) is 2.82. The lowest BCUT2D eigenvalue weighted by molar-refractivity contribution is -0.351. The number of carbonyl (C=O) groups is 2. The zero-order chi connectivity index (χ0) is 31.6. The molecule has 7 nitrogen and oxygen atoms in total. The van der Waals surface area contributed by atoms with Gasteiger partial charge in [-0.1, -0.05) is 60.7 Å². The van der Waals surface area contributed by atoms with Crippen molar-refractivity contribution in [1.82, 2.24) is 0 Å². The van der Waals surface area contributed by atoms with Crippen LogP contribution >= 0.6 is 0 Å². The van der Waals surface area contributed by atoms with E-state index in [-0.39, 0.29) is 0 Å². The third-order valence-electron chi connectivity index (χ3n) is 7.12. The smallest absolute Gasteiger partial charge is 0.211 e. The van der Waals surface area contributed by atoms with E-state index in [1.54, 1.807) is 0 Å². The molecule has 1 aliphatic carbocycles. The molecule has 7 heteroatoms. The Morgan fingerprint density at radius 2 is 1.05 bits per heavy atom.